The first kappa shape index (κ1) is 15.9. The molecule has 18 heavy (non-hydrogen) atoms. The lowest BCUT2D eigenvalue weighted by molar-refractivity contribution is 0.0298. The molecule has 1 fully saturated rings. The first-order chi connectivity index (χ1) is 8.60. The summed E-state index contributed by atoms with van der Waals surface area (Å²) >= 11 is 0. The van der Waals surface area contributed by atoms with E-state index in [1.165, 1.54) is 25.9 Å². The summed E-state index contributed by atoms with van der Waals surface area (Å²) < 4.78 is 5.39. The van der Waals surface area contributed by atoms with Crippen LogP contribution < -0.4 is 5.32 Å². The number of ether oxygens (including phenoxy) is 1. The highest BCUT2D eigenvalue weighted by atomic mass is 16.5. The van der Waals surface area contributed by atoms with Crippen LogP contribution in [-0.2, 0) is 4.74 Å². The molecule has 3 atom stereocenters. The SMILES string of the molecule is CCCNC1CCN(C(COC)C(C)C)CC1C. The Morgan fingerprint density at radius 1 is 1.39 bits per heavy atom. The third kappa shape index (κ3) is 4.52. The Morgan fingerprint density at radius 2 is 2.11 bits per heavy atom. The van der Waals surface area contributed by atoms with Crippen LogP contribution in [0.3, 0.4) is 0 Å². The van der Waals surface area contributed by atoms with Gasteiger partial charge in [0.15, 0.2) is 0 Å². The molecule has 0 spiro atoms. The summed E-state index contributed by atoms with van der Waals surface area (Å²) in [5, 5.41) is 3.68. The van der Waals surface area contributed by atoms with Gasteiger partial charge >= 0.3 is 0 Å². The van der Waals surface area contributed by atoms with Gasteiger partial charge < -0.3 is 10.1 Å². The fourth-order valence-corrected chi connectivity index (χ4v) is 3.00. The van der Waals surface area contributed by atoms with Gasteiger partial charge in [0.1, 0.15) is 0 Å². The number of nitrogens with one attached hydrogen (secondary N) is 1. The smallest absolute Gasteiger partial charge is 0.0620 e. The molecular formula is C15H32N2O. The van der Waals surface area contributed by atoms with Crippen LogP contribution in [0.1, 0.15) is 40.5 Å². The fourth-order valence-electron chi connectivity index (χ4n) is 3.00. The molecule has 0 bridgehead atoms. The van der Waals surface area contributed by atoms with Crippen molar-refractivity contribution in [2.24, 2.45) is 11.8 Å². The lowest BCUT2D eigenvalue weighted by Crippen LogP contribution is -2.53. The summed E-state index contributed by atoms with van der Waals surface area (Å²) in [7, 11) is 1.81. The van der Waals surface area contributed by atoms with E-state index < -0.39 is 0 Å². The third-order valence-corrected chi connectivity index (χ3v) is 4.17. The lowest BCUT2D eigenvalue weighted by Gasteiger charge is -2.42. The Morgan fingerprint density at radius 3 is 2.61 bits per heavy atom. The van der Waals surface area contributed by atoms with Gasteiger partial charge in [-0.1, -0.05) is 27.7 Å². The van der Waals surface area contributed by atoms with Gasteiger partial charge in [0.2, 0.25) is 0 Å². The van der Waals surface area contributed by atoms with E-state index in [1.54, 1.807) is 0 Å². The first-order valence-electron chi connectivity index (χ1n) is 7.56. The van der Waals surface area contributed by atoms with Gasteiger partial charge in [-0.3, -0.25) is 4.90 Å². The highest BCUT2D eigenvalue weighted by Crippen LogP contribution is 2.22. The summed E-state index contributed by atoms with van der Waals surface area (Å²) in [6.45, 7) is 13.6. The van der Waals surface area contributed by atoms with E-state index in [9.17, 15) is 0 Å². The molecule has 1 saturated heterocycles. The zero-order valence-corrected chi connectivity index (χ0v) is 12.9. The Bertz CT molecular complexity index is 221. The molecule has 3 heteroatoms. The summed E-state index contributed by atoms with van der Waals surface area (Å²) in [5.41, 5.74) is 0. The number of piperidine rings is 1. The Hall–Kier alpha value is -0.120. The number of hydrogen-bond donors (Lipinski definition) is 1. The maximum atomic E-state index is 5.39. The van der Waals surface area contributed by atoms with E-state index in [-0.39, 0.29) is 0 Å². The molecule has 1 aliphatic rings. The average Bonchev–Trinajstić information content (AvgIpc) is 2.34. The molecule has 0 amide bonds. The van der Waals surface area contributed by atoms with Gasteiger partial charge in [-0.05, 0) is 31.2 Å². The number of methoxy groups -OCH3 is 1. The second-order valence-corrected chi connectivity index (χ2v) is 6.09. The Balaban J connectivity index is 2.47. The quantitative estimate of drug-likeness (QED) is 0.757. The van der Waals surface area contributed by atoms with Crippen molar-refractivity contribution in [2.45, 2.75) is 52.6 Å². The predicted octanol–water partition coefficient (Wildman–Crippen LogP) is 2.37. The molecule has 0 aromatic heterocycles. The van der Waals surface area contributed by atoms with E-state index in [2.05, 4.69) is 37.9 Å². The van der Waals surface area contributed by atoms with E-state index in [0.717, 1.165) is 19.1 Å². The largest absolute Gasteiger partial charge is 0.383 e. The van der Waals surface area contributed by atoms with Crippen molar-refractivity contribution in [3.05, 3.63) is 0 Å². The first-order valence-corrected chi connectivity index (χ1v) is 7.56. The minimum absolute atomic E-state index is 0.574. The molecule has 108 valence electrons. The second kappa shape index (κ2) is 8.13. The number of rotatable bonds is 7. The van der Waals surface area contributed by atoms with Crippen LogP contribution in [0.25, 0.3) is 0 Å². The summed E-state index contributed by atoms with van der Waals surface area (Å²) in [5.74, 6) is 1.40. The molecular weight excluding hydrogens is 224 g/mol. The van der Waals surface area contributed by atoms with Crippen molar-refractivity contribution in [2.75, 3.05) is 33.4 Å². The maximum absolute atomic E-state index is 5.39. The average molecular weight is 256 g/mol. The Labute approximate surface area is 113 Å². The van der Waals surface area contributed by atoms with Gasteiger partial charge in [0.05, 0.1) is 6.61 Å². The van der Waals surface area contributed by atoms with Gasteiger partial charge in [-0.25, -0.2) is 0 Å². The molecule has 1 rings (SSSR count). The molecule has 3 nitrogen and oxygen atoms in total. The van der Waals surface area contributed by atoms with Crippen LogP contribution >= 0.6 is 0 Å². The molecule has 1 aliphatic heterocycles. The molecule has 0 radical (unpaired) electrons. The molecule has 0 saturated carbocycles. The van der Waals surface area contributed by atoms with Crippen LogP contribution in [0.4, 0.5) is 0 Å². The van der Waals surface area contributed by atoms with Crippen LogP contribution in [-0.4, -0.2) is 50.3 Å². The van der Waals surface area contributed by atoms with Crippen molar-refractivity contribution < 1.29 is 4.74 Å². The predicted molar refractivity (Wildman–Crippen MR) is 77.9 cm³/mol. The van der Waals surface area contributed by atoms with Crippen LogP contribution in [0.5, 0.6) is 0 Å². The van der Waals surface area contributed by atoms with Crippen molar-refractivity contribution >= 4 is 0 Å². The fraction of sp³-hybridized carbons (Fsp3) is 1.00. The van der Waals surface area contributed by atoms with E-state index in [4.69, 9.17) is 4.74 Å². The summed E-state index contributed by atoms with van der Waals surface area (Å²) in [6, 6.07) is 1.28. The lowest BCUT2D eigenvalue weighted by atomic mass is 9.91. The molecule has 1 N–H and O–H groups in total. The minimum Gasteiger partial charge on any atom is -0.383 e. The standard InChI is InChI=1S/C15H32N2O/c1-6-8-16-14-7-9-17(10-13(14)4)15(11-18-5)12(2)3/h12-16H,6-11H2,1-5H3. The highest BCUT2D eigenvalue weighted by Gasteiger charge is 2.30. The number of likely N-dealkylation sites (tertiary alicyclic amines) is 1. The molecule has 0 aliphatic carbocycles. The molecule has 1 heterocycles. The zero-order valence-electron chi connectivity index (χ0n) is 12.9. The molecule has 0 aromatic carbocycles. The van der Waals surface area contributed by atoms with E-state index >= 15 is 0 Å². The summed E-state index contributed by atoms with van der Waals surface area (Å²) in [4.78, 5) is 2.63. The van der Waals surface area contributed by atoms with Crippen molar-refractivity contribution in [1.82, 2.24) is 10.2 Å². The van der Waals surface area contributed by atoms with Crippen LogP contribution in [0, 0.1) is 11.8 Å². The van der Waals surface area contributed by atoms with Crippen LogP contribution in [0.15, 0.2) is 0 Å². The van der Waals surface area contributed by atoms with E-state index in [1.807, 2.05) is 7.11 Å². The second-order valence-electron chi connectivity index (χ2n) is 6.09. The van der Waals surface area contributed by atoms with Gasteiger partial charge in [-0.2, -0.15) is 0 Å². The molecule has 3 unspecified atom stereocenters. The van der Waals surface area contributed by atoms with Crippen molar-refractivity contribution in [3.8, 4) is 0 Å². The highest BCUT2D eigenvalue weighted by molar-refractivity contribution is 4.86. The summed E-state index contributed by atoms with van der Waals surface area (Å²) in [6.07, 6.45) is 2.50. The normalized spacial score (nSPS) is 27.7. The van der Waals surface area contributed by atoms with Gasteiger partial charge in [0.25, 0.3) is 0 Å². The van der Waals surface area contributed by atoms with Crippen molar-refractivity contribution in [3.63, 3.8) is 0 Å². The number of nitrogens with zero attached hydrogens (tertiary/aromatic N) is 1. The van der Waals surface area contributed by atoms with Crippen molar-refractivity contribution in [1.29, 1.82) is 0 Å². The Kier molecular flexibility index (Phi) is 7.20. The third-order valence-electron chi connectivity index (χ3n) is 4.17. The monoisotopic (exact) mass is 256 g/mol. The maximum Gasteiger partial charge on any atom is 0.0620 e. The van der Waals surface area contributed by atoms with E-state index in [0.29, 0.717) is 18.0 Å². The van der Waals surface area contributed by atoms with Crippen LogP contribution in [0.2, 0.25) is 0 Å². The van der Waals surface area contributed by atoms with Gasteiger partial charge in [-0.15, -0.1) is 0 Å². The topological polar surface area (TPSA) is 24.5 Å². The zero-order chi connectivity index (χ0) is 13.5. The molecule has 0 aromatic rings. The number of hydrogen-bond acceptors (Lipinski definition) is 3. The minimum atomic E-state index is 0.574. The van der Waals surface area contributed by atoms with Gasteiger partial charge in [0, 0.05) is 32.3 Å².